The van der Waals surface area contributed by atoms with E-state index in [0.717, 1.165) is 11.7 Å². The Balaban J connectivity index is 2.75. The van der Waals surface area contributed by atoms with Gasteiger partial charge in [-0.25, -0.2) is 4.98 Å². The molecule has 0 amide bonds. The molecular formula is C9H17N3S. The molecule has 0 fully saturated rings. The molecule has 0 aliphatic carbocycles. The molecule has 4 heteroatoms. The summed E-state index contributed by atoms with van der Waals surface area (Å²) in [5, 5.41) is 1.08. The minimum Gasteiger partial charge on any atom is -0.344 e. The van der Waals surface area contributed by atoms with Crippen molar-refractivity contribution in [2.45, 2.75) is 26.8 Å². The first-order valence-electron chi connectivity index (χ1n) is 4.54. The van der Waals surface area contributed by atoms with E-state index in [9.17, 15) is 0 Å². The van der Waals surface area contributed by atoms with E-state index in [4.69, 9.17) is 5.73 Å². The first-order valence-corrected chi connectivity index (χ1v) is 5.36. The molecule has 0 unspecified atom stereocenters. The fraction of sp³-hybridized carbons (Fsp3) is 0.667. The topological polar surface area (TPSA) is 42.2 Å². The lowest BCUT2D eigenvalue weighted by molar-refractivity contribution is 0.682. The van der Waals surface area contributed by atoms with Crippen molar-refractivity contribution in [3.05, 3.63) is 11.1 Å². The van der Waals surface area contributed by atoms with E-state index in [2.05, 4.69) is 30.7 Å². The predicted octanol–water partition coefficient (Wildman–Crippen LogP) is 1.63. The number of nitrogens with two attached hydrogens (primary N) is 1. The van der Waals surface area contributed by atoms with Crippen molar-refractivity contribution in [1.82, 2.24) is 4.98 Å². The van der Waals surface area contributed by atoms with Crippen LogP contribution in [0.2, 0.25) is 0 Å². The maximum atomic E-state index is 5.55. The number of hydrogen-bond donors (Lipinski definition) is 1. The van der Waals surface area contributed by atoms with Crippen LogP contribution in [0.3, 0.4) is 0 Å². The van der Waals surface area contributed by atoms with Crippen LogP contribution in [0.25, 0.3) is 0 Å². The summed E-state index contributed by atoms with van der Waals surface area (Å²) in [5.41, 5.74) is 5.55. The number of thiazole rings is 1. The zero-order valence-electron chi connectivity index (χ0n) is 8.45. The lowest BCUT2D eigenvalue weighted by atomic mass is 10.3. The van der Waals surface area contributed by atoms with Crippen LogP contribution in [0.1, 0.15) is 18.7 Å². The number of aromatic nitrogens is 1. The fourth-order valence-electron chi connectivity index (χ4n) is 1.19. The van der Waals surface area contributed by atoms with Crippen molar-refractivity contribution in [2.75, 3.05) is 18.0 Å². The Bertz CT molecular complexity index is 257. The summed E-state index contributed by atoms with van der Waals surface area (Å²) in [5.74, 6) is 0. The minimum atomic E-state index is 0.467. The fourth-order valence-corrected chi connectivity index (χ4v) is 2.11. The van der Waals surface area contributed by atoms with E-state index in [0.29, 0.717) is 12.6 Å². The Kier molecular flexibility index (Phi) is 3.69. The van der Waals surface area contributed by atoms with Crippen LogP contribution in [-0.4, -0.2) is 24.1 Å². The van der Waals surface area contributed by atoms with Crippen molar-refractivity contribution < 1.29 is 0 Å². The average molecular weight is 199 g/mol. The predicted molar refractivity (Wildman–Crippen MR) is 58.4 cm³/mol. The number of anilines is 1. The molecule has 0 radical (unpaired) electrons. The third kappa shape index (κ3) is 2.67. The molecule has 13 heavy (non-hydrogen) atoms. The number of aryl methyl sites for hydroxylation is 1. The smallest absolute Gasteiger partial charge is 0.185 e. The normalized spacial score (nSPS) is 10.8. The van der Waals surface area contributed by atoms with E-state index in [1.807, 2.05) is 6.20 Å². The van der Waals surface area contributed by atoms with Gasteiger partial charge in [0.25, 0.3) is 0 Å². The standard InChI is InChI=1S/C9H17N3S/c1-7(2)12(5-4-10)9-11-6-8(3)13-9/h6-7H,4-5,10H2,1-3H3. The lowest BCUT2D eigenvalue weighted by Gasteiger charge is -2.25. The Labute approximate surface area is 83.6 Å². The summed E-state index contributed by atoms with van der Waals surface area (Å²) >= 11 is 1.72. The highest BCUT2D eigenvalue weighted by Gasteiger charge is 2.12. The molecule has 0 aliphatic rings. The van der Waals surface area contributed by atoms with Gasteiger partial charge in [0.15, 0.2) is 5.13 Å². The van der Waals surface area contributed by atoms with Crippen molar-refractivity contribution >= 4 is 16.5 Å². The first-order chi connectivity index (χ1) is 6.15. The Morgan fingerprint density at radius 3 is 2.69 bits per heavy atom. The second kappa shape index (κ2) is 4.58. The van der Waals surface area contributed by atoms with Gasteiger partial charge in [-0.3, -0.25) is 0 Å². The summed E-state index contributed by atoms with van der Waals surface area (Å²) < 4.78 is 0. The molecule has 0 atom stereocenters. The Hall–Kier alpha value is -0.610. The highest BCUT2D eigenvalue weighted by atomic mass is 32.1. The quantitative estimate of drug-likeness (QED) is 0.801. The lowest BCUT2D eigenvalue weighted by Crippen LogP contribution is -2.35. The maximum Gasteiger partial charge on any atom is 0.185 e. The van der Waals surface area contributed by atoms with Gasteiger partial charge in [-0.05, 0) is 20.8 Å². The van der Waals surface area contributed by atoms with Crippen molar-refractivity contribution in [3.63, 3.8) is 0 Å². The summed E-state index contributed by atoms with van der Waals surface area (Å²) in [6.45, 7) is 7.95. The zero-order valence-corrected chi connectivity index (χ0v) is 9.27. The summed E-state index contributed by atoms with van der Waals surface area (Å²) in [6, 6.07) is 0.467. The second-order valence-corrected chi connectivity index (χ2v) is 4.54. The third-order valence-corrected chi connectivity index (χ3v) is 2.80. The molecule has 1 aromatic heterocycles. The summed E-state index contributed by atoms with van der Waals surface area (Å²) in [4.78, 5) is 7.83. The molecule has 0 saturated carbocycles. The number of hydrogen-bond acceptors (Lipinski definition) is 4. The number of nitrogens with zero attached hydrogens (tertiary/aromatic N) is 2. The van der Waals surface area contributed by atoms with Gasteiger partial charge in [0.05, 0.1) is 0 Å². The van der Waals surface area contributed by atoms with Crippen molar-refractivity contribution in [2.24, 2.45) is 5.73 Å². The second-order valence-electron chi connectivity index (χ2n) is 3.33. The molecule has 3 nitrogen and oxygen atoms in total. The van der Waals surface area contributed by atoms with Crippen LogP contribution >= 0.6 is 11.3 Å². The van der Waals surface area contributed by atoms with Gasteiger partial charge in [0.2, 0.25) is 0 Å². The van der Waals surface area contributed by atoms with E-state index < -0.39 is 0 Å². The van der Waals surface area contributed by atoms with E-state index in [1.165, 1.54) is 4.88 Å². The van der Waals surface area contributed by atoms with Crippen LogP contribution < -0.4 is 10.6 Å². The van der Waals surface area contributed by atoms with Crippen molar-refractivity contribution in [3.8, 4) is 0 Å². The zero-order chi connectivity index (χ0) is 9.84. The van der Waals surface area contributed by atoms with Crippen LogP contribution in [-0.2, 0) is 0 Å². The highest BCUT2D eigenvalue weighted by Crippen LogP contribution is 2.22. The van der Waals surface area contributed by atoms with Gasteiger partial charge in [-0.15, -0.1) is 11.3 Å². The SMILES string of the molecule is Cc1cnc(N(CCN)C(C)C)s1. The maximum absolute atomic E-state index is 5.55. The summed E-state index contributed by atoms with van der Waals surface area (Å²) in [6.07, 6.45) is 1.91. The van der Waals surface area contributed by atoms with Gasteiger partial charge in [-0.1, -0.05) is 0 Å². The highest BCUT2D eigenvalue weighted by molar-refractivity contribution is 7.15. The monoisotopic (exact) mass is 199 g/mol. The van der Waals surface area contributed by atoms with Crippen LogP contribution in [0.15, 0.2) is 6.20 Å². The van der Waals surface area contributed by atoms with Crippen LogP contribution in [0.4, 0.5) is 5.13 Å². The molecule has 0 aromatic carbocycles. The van der Waals surface area contributed by atoms with Gasteiger partial charge in [0, 0.05) is 30.2 Å². The molecular weight excluding hydrogens is 182 g/mol. The molecule has 1 rings (SSSR count). The molecule has 0 aliphatic heterocycles. The van der Waals surface area contributed by atoms with E-state index in [1.54, 1.807) is 11.3 Å². The minimum absolute atomic E-state index is 0.467. The van der Waals surface area contributed by atoms with Gasteiger partial charge in [0.1, 0.15) is 0 Å². The first kappa shape index (κ1) is 10.5. The Morgan fingerprint density at radius 2 is 2.31 bits per heavy atom. The van der Waals surface area contributed by atoms with Crippen molar-refractivity contribution in [1.29, 1.82) is 0 Å². The van der Waals surface area contributed by atoms with E-state index >= 15 is 0 Å². The Morgan fingerprint density at radius 1 is 1.62 bits per heavy atom. The molecule has 0 bridgehead atoms. The van der Waals surface area contributed by atoms with Gasteiger partial charge in [-0.2, -0.15) is 0 Å². The molecule has 1 heterocycles. The number of rotatable bonds is 4. The largest absolute Gasteiger partial charge is 0.344 e. The van der Waals surface area contributed by atoms with Crippen LogP contribution in [0, 0.1) is 6.92 Å². The van der Waals surface area contributed by atoms with Gasteiger partial charge < -0.3 is 10.6 Å². The van der Waals surface area contributed by atoms with Crippen LogP contribution in [0.5, 0.6) is 0 Å². The molecule has 2 N–H and O–H groups in total. The molecule has 74 valence electrons. The third-order valence-electron chi connectivity index (χ3n) is 1.85. The molecule has 1 aromatic rings. The molecule has 0 spiro atoms. The summed E-state index contributed by atoms with van der Waals surface area (Å²) in [7, 11) is 0. The molecule has 0 saturated heterocycles. The van der Waals surface area contributed by atoms with E-state index in [-0.39, 0.29) is 0 Å². The average Bonchev–Trinajstić information content (AvgIpc) is 2.46. The van der Waals surface area contributed by atoms with Gasteiger partial charge >= 0.3 is 0 Å².